The highest BCUT2D eigenvalue weighted by atomic mass is 16.3. The second-order valence-corrected chi connectivity index (χ2v) is 7.12. The third kappa shape index (κ3) is 3.32. The van der Waals surface area contributed by atoms with E-state index in [0.717, 1.165) is 30.4 Å². The van der Waals surface area contributed by atoms with Crippen LogP contribution in [0.1, 0.15) is 29.8 Å². The predicted molar refractivity (Wildman–Crippen MR) is 111 cm³/mol. The van der Waals surface area contributed by atoms with Crippen LogP contribution in [-0.4, -0.2) is 43.3 Å². The number of nitrogens with one attached hydrogen (secondary N) is 1. The minimum Gasteiger partial charge on any atom is -0.458 e. The summed E-state index contributed by atoms with van der Waals surface area (Å²) in [5.41, 5.74) is 8.02. The van der Waals surface area contributed by atoms with Crippen LogP contribution in [0.15, 0.2) is 47.7 Å². The highest BCUT2D eigenvalue weighted by molar-refractivity contribution is 5.91. The van der Waals surface area contributed by atoms with Gasteiger partial charge in [0.1, 0.15) is 6.26 Å². The van der Waals surface area contributed by atoms with Gasteiger partial charge in [-0.1, -0.05) is 0 Å². The number of aromatic nitrogens is 5. The number of hydrogen-bond acceptors (Lipinski definition) is 8. The first-order chi connectivity index (χ1) is 14.7. The summed E-state index contributed by atoms with van der Waals surface area (Å²) in [5.74, 6) is 0.783. The standard InChI is InChI=1S/C20H20N8O2/c21-17(29)16-8-13(12-30-16)15-11-23-18(19-22-4-7-28(15)19)26-14-9-24-20(25-10-14)27-5-2-1-3-6-27/h4,7-12H,1-3,5-6H2,(H2,21,29)(H,23,26). The first-order valence-electron chi connectivity index (χ1n) is 9.74. The maximum absolute atomic E-state index is 11.3. The lowest BCUT2D eigenvalue weighted by Gasteiger charge is -2.26. The maximum Gasteiger partial charge on any atom is 0.284 e. The number of hydrogen-bond donors (Lipinski definition) is 2. The molecule has 0 aliphatic carbocycles. The number of nitrogens with zero attached hydrogens (tertiary/aromatic N) is 6. The smallest absolute Gasteiger partial charge is 0.284 e. The van der Waals surface area contributed by atoms with Crippen LogP contribution < -0.4 is 16.0 Å². The minimum atomic E-state index is -0.623. The van der Waals surface area contributed by atoms with Crippen LogP contribution in [-0.2, 0) is 0 Å². The fourth-order valence-electron chi connectivity index (χ4n) is 3.60. The summed E-state index contributed by atoms with van der Waals surface area (Å²) in [4.78, 5) is 31.4. The monoisotopic (exact) mass is 404 g/mol. The maximum atomic E-state index is 11.3. The van der Waals surface area contributed by atoms with Crippen molar-refractivity contribution in [1.82, 2.24) is 24.3 Å². The Morgan fingerprint density at radius 1 is 1.07 bits per heavy atom. The Morgan fingerprint density at radius 2 is 1.87 bits per heavy atom. The zero-order valence-electron chi connectivity index (χ0n) is 16.2. The molecule has 0 saturated carbocycles. The molecule has 0 unspecified atom stereocenters. The number of furan rings is 1. The Hall–Kier alpha value is -3.95. The molecule has 1 amide bonds. The van der Waals surface area contributed by atoms with E-state index in [0.29, 0.717) is 17.0 Å². The number of rotatable bonds is 5. The summed E-state index contributed by atoms with van der Waals surface area (Å²) in [6.45, 7) is 1.99. The fourth-order valence-corrected chi connectivity index (χ4v) is 3.60. The van der Waals surface area contributed by atoms with Crippen molar-refractivity contribution in [1.29, 1.82) is 0 Å². The van der Waals surface area contributed by atoms with E-state index >= 15 is 0 Å². The highest BCUT2D eigenvalue weighted by Gasteiger charge is 2.16. The van der Waals surface area contributed by atoms with E-state index in [1.165, 1.54) is 25.5 Å². The van der Waals surface area contributed by atoms with E-state index in [1.54, 1.807) is 30.9 Å². The van der Waals surface area contributed by atoms with Gasteiger partial charge in [0.2, 0.25) is 5.95 Å². The van der Waals surface area contributed by atoms with E-state index in [1.807, 2.05) is 10.6 Å². The topological polar surface area (TPSA) is 127 Å². The van der Waals surface area contributed by atoms with Crippen LogP contribution in [0.4, 0.5) is 17.5 Å². The zero-order chi connectivity index (χ0) is 20.5. The second-order valence-electron chi connectivity index (χ2n) is 7.12. The van der Waals surface area contributed by atoms with Gasteiger partial charge in [0.05, 0.1) is 30.0 Å². The van der Waals surface area contributed by atoms with Crippen molar-refractivity contribution in [3.05, 3.63) is 49.1 Å². The van der Waals surface area contributed by atoms with Gasteiger partial charge in [-0.15, -0.1) is 0 Å². The van der Waals surface area contributed by atoms with Crippen LogP contribution in [0.25, 0.3) is 16.9 Å². The van der Waals surface area contributed by atoms with E-state index < -0.39 is 5.91 Å². The van der Waals surface area contributed by atoms with Gasteiger partial charge in [0.15, 0.2) is 17.2 Å². The zero-order valence-corrected chi connectivity index (χ0v) is 16.2. The molecule has 10 heteroatoms. The molecule has 1 saturated heterocycles. The van der Waals surface area contributed by atoms with Crippen LogP contribution in [0.2, 0.25) is 0 Å². The number of anilines is 3. The number of primary amides is 1. The molecular weight excluding hydrogens is 384 g/mol. The lowest BCUT2D eigenvalue weighted by Crippen LogP contribution is -2.30. The molecule has 152 valence electrons. The van der Waals surface area contributed by atoms with Crippen molar-refractivity contribution in [3.63, 3.8) is 0 Å². The lowest BCUT2D eigenvalue weighted by atomic mass is 10.1. The molecule has 10 nitrogen and oxygen atoms in total. The summed E-state index contributed by atoms with van der Waals surface area (Å²) in [6, 6.07) is 1.58. The number of fused-ring (bicyclic) bond motifs is 1. The summed E-state index contributed by atoms with van der Waals surface area (Å²) >= 11 is 0. The predicted octanol–water partition coefficient (Wildman–Crippen LogP) is 2.61. The van der Waals surface area contributed by atoms with E-state index in [2.05, 4.69) is 30.2 Å². The lowest BCUT2D eigenvalue weighted by molar-refractivity contribution is 0.0974. The molecule has 1 aliphatic heterocycles. The molecule has 0 atom stereocenters. The molecule has 0 radical (unpaired) electrons. The largest absolute Gasteiger partial charge is 0.458 e. The quantitative estimate of drug-likeness (QED) is 0.520. The Bertz CT molecular complexity index is 1190. The normalized spacial score (nSPS) is 14.2. The molecule has 4 aromatic rings. The number of piperidine rings is 1. The van der Waals surface area contributed by atoms with E-state index in [4.69, 9.17) is 10.2 Å². The molecule has 1 fully saturated rings. The number of carbonyl (C=O) groups excluding carboxylic acids is 1. The van der Waals surface area contributed by atoms with Crippen molar-refractivity contribution < 1.29 is 9.21 Å². The summed E-state index contributed by atoms with van der Waals surface area (Å²) in [7, 11) is 0. The average molecular weight is 404 g/mol. The molecule has 30 heavy (non-hydrogen) atoms. The van der Waals surface area contributed by atoms with Gasteiger partial charge in [-0.3, -0.25) is 9.20 Å². The van der Waals surface area contributed by atoms with Gasteiger partial charge >= 0.3 is 0 Å². The van der Waals surface area contributed by atoms with E-state index in [9.17, 15) is 4.79 Å². The summed E-state index contributed by atoms with van der Waals surface area (Å²) < 4.78 is 7.08. The number of carbonyl (C=O) groups is 1. The third-order valence-electron chi connectivity index (χ3n) is 5.11. The fraction of sp³-hybridized carbons (Fsp3) is 0.250. The Labute approximate surface area is 171 Å². The van der Waals surface area contributed by atoms with Crippen LogP contribution >= 0.6 is 0 Å². The van der Waals surface area contributed by atoms with Crippen molar-refractivity contribution in [2.75, 3.05) is 23.3 Å². The van der Waals surface area contributed by atoms with Gasteiger partial charge in [-0.2, -0.15) is 0 Å². The number of nitrogens with two attached hydrogens (primary N) is 1. The average Bonchev–Trinajstić information content (AvgIpc) is 3.46. The third-order valence-corrected chi connectivity index (χ3v) is 5.11. The molecule has 0 bridgehead atoms. The Kier molecular flexibility index (Phi) is 4.51. The van der Waals surface area contributed by atoms with Crippen LogP contribution in [0, 0.1) is 0 Å². The second kappa shape index (κ2) is 7.47. The van der Waals surface area contributed by atoms with Gasteiger partial charge < -0.3 is 20.4 Å². The molecule has 3 N–H and O–H groups in total. The van der Waals surface area contributed by atoms with Crippen molar-refractivity contribution in [2.24, 2.45) is 5.73 Å². The molecule has 0 aromatic carbocycles. The molecule has 4 aromatic heterocycles. The molecular formula is C20H20N8O2. The summed E-state index contributed by atoms with van der Waals surface area (Å²) in [5, 5.41) is 3.23. The molecule has 5 heterocycles. The van der Waals surface area contributed by atoms with Crippen molar-refractivity contribution >= 4 is 29.0 Å². The van der Waals surface area contributed by atoms with Crippen molar-refractivity contribution in [3.8, 4) is 11.3 Å². The first kappa shape index (κ1) is 18.1. The first-order valence-corrected chi connectivity index (χ1v) is 9.74. The van der Waals surface area contributed by atoms with Gasteiger partial charge in [-0.05, 0) is 25.3 Å². The Balaban J connectivity index is 1.41. The SMILES string of the molecule is NC(=O)c1cc(-c2cnc(Nc3cnc(N4CCCCC4)nc3)c3nccn23)co1. The number of imidazole rings is 1. The molecule has 5 rings (SSSR count). The Morgan fingerprint density at radius 3 is 2.60 bits per heavy atom. The molecule has 0 spiro atoms. The van der Waals surface area contributed by atoms with Crippen LogP contribution in [0.3, 0.4) is 0 Å². The van der Waals surface area contributed by atoms with Gasteiger partial charge in [-0.25, -0.2) is 19.9 Å². The summed E-state index contributed by atoms with van der Waals surface area (Å²) in [6.07, 6.45) is 13.8. The van der Waals surface area contributed by atoms with Gasteiger partial charge in [0.25, 0.3) is 5.91 Å². The van der Waals surface area contributed by atoms with Gasteiger partial charge in [0, 0.05) is 31.0 Å². The van der Waals surface area contributed by atoms with Crippen LogP contribution in [0.5, 0.6) is 0 Å². The highest BCUT2D eigenvalue weighted by Crippen LogP contribution is 2.26. The van der Waals surface area contributed by atoms with Crippen molar-refractivity contribution in [2.45, 2.75) is 19.3 Å². The van der Waals surface area contributed by atoms with E-state index in [-0.39, 0.29) is 5.76 Å². The minimum absolute atomic E-state index is 0.0893. The molecule has 1 aliphatic rings. The number of amides is 1.